The maximum Gasteiger partial charge on any atom is 0.0620 e. The third-order valence-corrected chi connectivity index (χ3v) is 10.1. The van der Waals surface area contributed by atoms with Crippen molar-refractivity contribution in [2.24, 2.45) is 0 Å². The molecule has 132 valence electrons. The van der Waals surface area contributed by atoms with Crippen molar-refractivity contribution in [1.82, 2.24) is 5.32 Å². The predicted octanol–water partition coefficient (Wildman–Crippen LogP) is 5.28. The normalized spacial score (nSPS) is 26.2. The first kappa shape index (κ1) is 17.4. The Labute approximate surface area is 159 Å². The molecule has 0 spiro atoms. The number of nitrogens with one attached hydrogen (secondary N) is 1. The van der Waals surface area contributed by atoms with Crippen molar-refractivity contribution < 1.29 is 4.21 Å². The fourth-order valence-corrected chi connectivity index (χ4v) is 7.31. The molecule has 1 aliphatic heterocycles. The van der Waals surface area contributed by atoms with Crippen molar-refractivity contribution in [2.75, 3.05) is 12.3 Å². The van der Waals surface area contributed by atoms with Gasteiger partial charge < -0.3 is 5.32 Å². The van der Waals surface area contributed by atoms with Crippen molar-refractivity contribution in [3.63, 3.8) is 0 Å². The van der Waals surface area contributed by atoms with Gasteiger partial charge in [-0.3, -0.25) is 4.21 Å². The topological polar surface area (TPSA) is 29.1 Å². The summed E-state index contributed by atoms with van der Waals surface area (Å²) >= 11 is 3.70. The highest BCUT2D eigenvalue weighted by Gasteiger charge is 2.42. The lowest BCUT2D eigenvalue weighted by molar-refractivity contribution is 0.368. The molecule has 1 aliphatic rings. The van der Waals surface area contributed by atoms with Crippen LogP contribution in [0.3, 0.4) is 0 Å². The average molecular weight is 390 g/mol. The Morgan fingerprint density at radius 2 is 1.80 bits per heavy atom. The summed E-state index contributed by atoms with van der Waals surface area (Å²) in [5.74, 6) is 0.674. The van der Waals surface area contributed by atoms with E-state index in [4.69, 9.17) is 0 Å². The standard InChI is InChI=1S/C20H23NOS3/c1-13-9-16(17-10-14-7-5-6-8-15(14)23-17)24-18(13)20(4)12-25(22)19(2,3)11-21-20/h5-10,21H,11-12H2,1-4H3/t20-,25?/m0/s1. The van der Waals surface area contributed by atoms with Crippen LogP contribution in [0.4, 0.5) is 0 Å². The zero-order valence-electron chi connectivity index (χ0n) is 15.0. The Balaban J connectivity index is 1.72. The van der Waals surface area contributed by atoms with E-state index in [1.165, 1.54) is 30.3 Å². The molecule has 0 aliphatic carbocycles. The highest BCUT2D eigenvalue weighted by molar-refractivity contribution is 7.86. The second kappa shape index (κ2) is 6.02. The minimum atomic E-state index is -0.830. The number of hydrogen-bond donors (Lipinski definition) is 1. The maximum atomic E-state index is 12.7. The van der Waals surface area contributed by atoms with Crippen LogP contribution >= 0.6 is 22.7 Å². The molecule has 2 aromatic heterocycles. The minimum Gasteiger partial charge on any atom is -0.305 e. The molecule has 0 radical (unpaired) electrons. The van der Waals surface area contributed by atoms with E-state index in [1.807, 2.05) is 22.7 Å². The van der Waals surface area contributed by atoms with Crippen molar-refractivity contribution in [1.29, 1.82) is 0 Å². The number of benzene rings is 1. The van der Waals surface area contributed by atoms with Crippen molar-refractivity contribution in [2.45, 2.75) is 38.0 Å². The molecule has 2 atom stereocenters. The second-order valence-electron chi connectivity index (χ2n) is 7.71. The zero-order valence-corrected chi connectivity index (χ0v) is 17.5. The Kier molecular flexibility index (Phi) is 4.19. The van der Waals surface area contributed by atoms with Crippen molar-refractivity contribution >= 4 is 43.6 Å². The summed E-state index contributed by atoms with van der Waals surface area (Å²) in [7, 11) is -0.830. The maximum absolute atomic E-state index is 12.7. The van der Waals surface area contributed by atoms with E-state index in [0.717, 1.165) is 6.54 Å². The molecular weight excluding hydrogens is 366 g/mol. The van der Waals surface area contributed by atoms with E-state index in [9.17, 15) is 4.21 Å². The molecule has 4 rings (SSSR count). The molecule has 3 heterocycles. The number of fused-ring (bicyclic) bond motifs is 1. The van der Waals surface area contributed by atoms with E-state index >= 15 is 0 Å². The molecule has 5 heteroatoms. The highest BCUT2D eigenvalue weighted by Crippen LogP contribution is 2.43. The second-order valence-corrected chi connectivity index (χ2v) is 11.9. The van der Waals surface area contributed by atoms with E-state index in [1.54, 1.807) is 0 Å². The van der Waals surface area contributed by atoms with Crippen molar-refractivity contribution in [3.05, 3.63) is 46.8 Å². The Morgan fingerprint density at radius 1 is 1.08 bits per heavy atom. The predicted molar refractivity (Wildman–Crippen MR) is 112 cm³/mol. The Hall–Kier alpha value is -1.01. The minimum absolute atomic E-state index is 0.154. The van der Waals surface area contributed by atoms with Crippen LogP contribution in [0.15, 0.2) is 36.4 Å². The molecule has 1 N–H and O–H groups in total. The number of hydrogen-bond acceptors (Lipinski definition) is 4. The smallest absolute Gasteiger partial charge is 0.0620 e. The van der Waals surface area contributed by atoms with Crippen LogP contribution in [0.1, 0.15) is 31.2 Å². The number of rotatable bonds is 2. The van der Waals surface area contributed by atoms with E-state index in [2.05, 4.69) is 69.4 Å². The Morgan fingerprint density at radius 3 is 2.52 bits per heavy atom. The first-order valence-corrected chi connectivity index (χ1v) is 11.5. The van der Waals surface area contributed by atoms with Crippen LogP contribution in [-0.2, 0) is 16.3 Å². The summed E-state index contributed by atoms with van der Waals surface area (Å²) in [4.78, 5) is 3.96. The highest BCUT2D eigenvalue weighted by atomic mass is 32.2. The molecular formula is C20H23NOS3. The van der Waals surface area contributed by atoms with Crippen LogP contribution in [0.5, 0.6) is 0 Å². The molecule has 0 amide bonds. The summed E-state index contributed by atoms with van der Waals surface area (Å²) in [5.41, 5.74) is 1.09. The van der Waals surface area contributed by atoms with Gasteiger partial charge in [-0.1, -0.05) is 18.2 Å². The lowest BCUT2D eigenvalue weighted by Crippen LogP contribution is -2.58. The third-order valence-electron chi connectivity index (χ3n) is 5.03. The summed E-state index contributed by atoms with van der Waals surface area (Å²) < 4.78 is 13.9. The molecule has 0 saturated carbocycles. The van der Waals surface area contributed by atoms with Gasteiger partial charge in [0.05, 0.1) is 10.3 Å². The summed E-state index contributed by atoms with van der Waals surface area (Å²) in [5, 5.41) is 4.99. The monoisotopic (exact) mass is 389 g/mol. The van der Waals surface area contributed by atoms with Crippen LogP contribution in [-0.4, -0.2) is 21.3 Å². The SMILES string of the molecule is Cc1cc(-c2cc3ccccc3s2)sc1[C@]1(C)CS(=O)C(C)(C)CN1. The van der Waals surface area contributed by atoms with Crippen LogP contribution < -0.4 is 5.32 Å². The molecule has 1 aromatic carbocycles. The lowest BCUT2D eigenvalue weighted by atomic mass is 9.98. The quantitative estimate of drug-likeness (QED) is 0.646. The fraction of sp³-hybridized carbons (Fsp3) is 0.400. The number of thiophene rings is 2. The van der Waals surface area contributed by atoms with Gasteiger partial charge in [0.1, 0.15) is 0 Å². The Bertz CT molecular complexity index is 935. The third kappa shape index (κ3) is 3.01. The van der Waals surface area contributed by atoms with E-state index < -0.39 is 10.8 Å². The van der Waals surface area contributed by atoms with Gasteiger partial charge in [0, 0.05) is 42.4 Å². The number of aryl methyl sites for hydroxylation is 1. The molecule has 1 unspecified atom stereocenters. The van der Waals surface area contributed by atoms with E-state index in [-0.39, 0.29) is 10.3 Å². The molecule has 25 heavy (non-hydrogen) atoms. The fourth-order valence-electron chi connectivity index (χ4n) is 3.40. The largest absolute Gasteiger partial charge is 0.305 e. The van der Waals surface area contributed by atoms with Gasteiger partial charge in [0.25, 0.3) is 0 Å². The van der Waals surface area contributed by atoms with Crippen LogP contribution in [0, 0.1) is 6.92 Å². The van der Waals surface area contributed by atoms with E-state index in [0.29, 0.717) is 5.75 Å². The van der Waals surface area contributed by atoms with Gasteiger partial charge in [0.2, 0.25) is 0 Å². The van der Waals surface area contributed by atoms with Gasteiger partial charge in [-0.05, 0) is 56.8 Å². The zero-order chi connectivity index (χ0) is 17.8. The average Bonchev–Trinajstić information content (AvgIpc) is 3.15. The molecule has 0 bridgehead atoms. The van der Waals surface area contributed by atoms with Crippen molar-refractivity contribution in [3.8, 4) is 9.75 Å². The first-order chi connectivity index (χ1) is 11.8. The van der Waals surface area contributed by atoms with Gasteiger partial charge in [-0.25, -0.2) is 0 Å². The van der Waals surface area contributed by atoms with Gasteiger partial charge in [-0.15, -0.1) is 22.7 Å². The summed E-state index contributed by atoms with van der Waals surface area (Å²) in [6, 6.07) is 13.1. The molecule has 1 saturated heterocycles. The molecule has 1 fully saturated rings. The molecule has 3 aromatic rings. The molecule has 2 nitrogen and oxygen atoms in total. The van der Waals surface area contributed by atoms with Gasteiger partial charge in [0.15, 0.2) is 0 Å². The summed E-state index contributed by atoms with van der Waals surface area (Å²) in [6.45, 7) is 9.33. The van der Waals surface area contributed by atoms with Crippen LogP contribution in [0.2, 0.25) is 0 Å². The van der Waals surface area contributed by atoms with Crippen LogP contribution in [0.25, 0.3) is 19.8 Å². The summed E-state index contributed by atoms with van der Waals surface area (Å²) in [6.07, 6.45) is 0. The van der Waals surface area contributed by atoms with Gasteiger partial charge in [-0.2, -0.15) is 0 Å². The first-order valence-electron chi connectivity index (χ1n) is 8.52. The van der Waals surface area contributed by atoms with Gasteiger partial charge >= 0.3 is 0 Å². The lowest BCUT2D eigenvalue weighted by Gasteiger charge is -2.41.